The van der Waals surface area contributed by atoms with E-state index in [1.807, 2.05) is 0 Å². The van der Waals surface area contributed by atoms with E-state index >= 15 is 0 Å². The lowest BCUT2D eigenvalue weighted by Gasteiger charge is -2.28. The van der Waals surface area contributed by atoms with Crippen LogP contribution in [0, 0.1) is 11.8 Å². The molecule has 0 aromatic heterocycles. The standard InChI is InChI=1S/C34H63N11O11/c1-17(2)15-23(30(52)45-26(18(3)4)32(54)42-22(33(55)56)10-8-14-39-34(37)38)43-29(51)21(11-12-25(47)48)41-27(49)19(5)40-31(53)24(16-46)44-28(50)20(36)9-6-7-13-35/h17-24,26,46H,6-16,35-36H2,1-5H3,(H,40,53)(H,41,49)(H,42,54)(H,43,51)(H,44,50)(H,45,52)(H,47,48)(H,55,56)(H4,37,38,39)/t19-,20-,21-,22-,23-,24-,26-/m0/s1. The summed E-state index contributed by atoms with van der Waals surface area (Å²) < 4.78 is 0. The van der Waals surface area contributed by atoms with Crippen molar-refractivity contribution in [1.29, 1.82) is 0 Å². The molecular formula is C34H63N11O11. The summed E-state index contributed by atoms with van der Waals surface area (Å²) in [6.45, 7) is 7.69. The Morgan fingerprint density at radius 1 is 0.625 bits per heavy atom. The first-order chi connectivity index (χ1) is 26.1. The van der Waals surface area contributed by atoms with Gasteiger partial charge in [-0.3, -0.25) is 38.6 Å². The molecule has 0 radical (unpaired) electrons. The van der Waals surface area contributed by atoms with Gasteiger partial charge in [-0.15, -0.1) is 0 Å². The van der Waals surface area contributed by atoms with Crippen LogP contribution in [0.1, 0.15) is 86.0 Å². The second kappa shape index (κ2) is 26.7. The number of carboxylic acid groups (broad SMARTS) is 2. The average Bonchev–Trinajstić information content (AvgIpc) is 3.10. The number of aliphatic imine (C=N–C) groups is 1. The van der Waals surface area contributed by atoms with E-state index in [9.17, 15) is 53.7 Å². The Morgan fingerprint density at radius 3 is 1.70 bits per heavy atom. The van der Waals surface area contributed by atoms with Gasteiger partial charge in [-0.1, -0.05) is 34.1 Å². The Kier molecular flexibility index (Phi) is 24.2. The number of carbonyl (C=O) groups is 8. The highest BCUT2D eigenvalue weighted by atomic mass is 16.4. The van der Waals surface area contributed by atoms with E-state index in [0.29, 0.717) is 19.4 Å². The van der Waals surface area contributed by atoms with Crippen LogP contribution < -0.4 is 54.8 Å². The van der Waals surface area contributed by atoms with Gasteiger partial charge in [-0.25, -0.2) is 4.79 Å². The van der Waals surface area contributed by atoms with E-state index in [1.54, 1.807) is 27.7 Å². The van der Waals surface area contributed by atoms with Gasteiger partial charge >= 0.3 is 11.9 Å². The second-order valence-electron chi connectivity index (χ2n) is 14.1. The first-order valence-corrected chi connectivity index (χ1v) is 18.5. The zero-order chi connectivity index (χ0) is 43.1. The SMILES string of the molecule is CC(C)C[C@H](NC(=O)[C@H](CCC(=O)O)NC(=O)[C@H](C)NC(=O)[C@H](CO)NC(=O)[C@@H](N)CCCCN)C(=O)N[C@H](C(=O)N[C@@H](CCCN=C(N)N)C(=O)O)C(C)C. The van der Waals surface area contributed by atoms with Crippen molar-refractivity contribution < 1.29 is 53.7 Å². The summed E-state index contributed by atoms with van der Waals surface area (Å²) in [6.07, 6.45) is 0.745. The van der Waals surface area contributed by atoms with Crippen LogP contribution in [0.4, 0.5) is 0 Å². The number of hydrogen-bond donors (Lipinski definition) is 13. The molecule has 22 heteroatoms. The van der Waals surface area contributed by atoms with Crippen LogP contribution in [0.2, 0.25) is 0 Å². The lowest BCUT2D eigenvalue weighted by atomic mass is 9.99. The van der Waals surface area contributed by atoms with Crippen molar-refractivity contribution in [1.82, 2.24) is 31.9 Å². The van der Waals surface area contributed by atoms with Crippen LogP contribution in [-0.4, -0.2) is 131 Å². The number of nitrogens with one attached hydrogen (secondary N) is 6. The molecule has 0 aliphatic heterocycles. The fourth-order valence-electron chi connectivity index (χ4n) is 5.11. The van der Waals surface area contributed by atoms with Gasteiger partial charge in [-0.2, -0.15) is 0 Å². The molecule has 0 aliphatic carbocycles. The smallest absolute Gasteiger partial charge is 0.326 e. The third-order valence-electron chi connectivity index (χ3n) is 8.30. The van der Waals surface area contributed by atoms with Crippen molar-refractivity contribution in [3.05, 3.63) is 0 Å². The van der Waals surface area contributed by atoms with Crippen LogP contribution in [0.15, 0.2) is 4.99 Å². The predicted octanol–water partition coefficient (Wildman–Crippen LogP) is -3.93. The lowest BCUT2D eigenvalue weighted by Crippen LogP contribution is -2.60. The molecule has 0 spiro atoms. The van der Waals surface area contributed by atoms with Gasteiger partial charge < -0.3 is 70.2 Å². The molecule has 0 fully saturated rings. The summed E-state index contributed by atoms with van der Waals surface area (Å²) in [5, 5.41) is 43.2. The Bertz CT molecular complexity index is 1360. The van der Waals surface area contributed by atoms with E-state index in [0.717, 1.165) is 0 Å². The summed E-state index contributed by atoms with van der Waals surface area (Å²) in [5.74, 6) is -8.65. The van der Waals surface area contributed by atoms with Gasteiger partial charge in [0.25, 0.3) is 0 Å². The molecule has 0 saturated heterocycles. The number of aliphatic carboxylic acids is 2. The molecule has 17 N–H and O–H groups in total. The molecule has 0 unspecified atom stereocenters. The molecular weight excluding hydrogens is 738 g/mol. The number of carbonyl (C=O) groups excluding carboxylic acids is 6. The fraction of sp³-hybridized carbons (Fsp3) is 0.735. The van der Waals surface area contributed by atoms with Gasteiger partial charge in [-0.05, 0) is 63.8 Å². The third-order valence-corrected chi connectivity index (χ3v) is 8.30. The largest absolute Gasteiger partial charge is 0.481 e. The van der Waals surface area contributed by atoms with Crippen molar-refractivity contribution in [3.8, 4) is 0 Å². The van der Waals surface area contributed by atoms with E-state index < -0.39 is 115 Å². The Balaban J connectivity index is 5.90. The number of carboxylic acids is 2. The summed E-state index contributed by atoms with van der Waals surface area (Å²) >= 11 is 0. The van der Waals surface area contributed by atoms with Crippen molar-refractivity contribution in [2.24, 2.45) is 39.8 Å². The molecule has 6 amide bonds. The Morgan fingerprint density at radius 2 is 1.18 bits per heavy atom. The van der Waals surface area contributed by atoms with Crippen LogP contribution in [0.25, 0.3) is 0 Å². The number of nitrogens with two attached hydrogens (primary N) is 4. The highest BCUT2D eigenvalue weighted by Crippen LogP contribution is 2.11. The molecule has 0 aliphatic rings. The van der Waals surface area contributed by atoms with Gasteiger partial charge in [0.1, 0.15) is 36.3 Å². The number of aliphatic hydroxyl groups is 1. The van der Waals surface area contributed by atoms with Crippen LogP contribution in [0.3, 0.4) is 0 Å². The Labute approximate surface area is 326 Å². The topological polar surface area (TPSA) is 386 Å². The summed E-state index contributed by atoms with van der Waals surface area (Å²) in [6, 6.07) is -9.16. The molecule has 0 rings (SSSR count). The summed E-state index contributed by atoms with van der Waals surface area (Å²) in [4.78, 5) is 106. The van der Waals surface area contributed by atoms with Crippen LogP contribution >= 0.6 is 0 Å². The zero-order valence-electron chi connectivity index (χ0n) is 32.8. The fourth-order valence-corrected chi connectivity index (χ4v) is 5.11. The molecule has 320 valence electrons. The highest BCUT2D eigenvalue weighted by Gasteiger charge is 2.34. The molecule has 7 atom stereocenters. The predicted molar refractivity (Wildman–Crippen MR) is 204 cm³/mol. The van der Waals surface area contributed by atoms with Crippen molar-refractivity contribution in [3.63, 3.8) is 0 Å². The minimum atomic E-state index is -1.51. The maximum Gasteiger partial charge on any atom is 0.326 e. The van der Waals surface area contributed by atoms with E-state index in [4.69, 9.17) is 22.9 Å². The first kappa shape index (κ1) is 50.9. The number of rotatable bonds is 28. The molecule has 0 aromatic carbocycles. The summed E-state index contributed by atoms with van der Waals surface area (Å²) in [5.41, 5.74) is 21.9. The van der Waals surface area contributed by atoms with Gasteiger partial charge in [0.2, 0.25) is 35.4 Å². The maximum atomic E-state index is 13.6. The number of hydrogen-bond acceptors (Lipinski definition) is 12. The minimum absolute atomic E-state index is 0.0162. The van der Waals surface area contributed by atoms with E-state index in [1.165, 1.54) is 6.92 Å². The zero-order valence-corrected chi connectivity index (χ0v) is 32.8. The monoisotopic (exact) mass is 801 g/mol. The van der Waals surface area contributed by atoms with Gasteiger partial charge in [0.15, 0.2) is 5.96 Å². The number of amides is 6. The molecule has 0 saturated carbocycles. The number of unbranched alkanes of at least 4 members (excludes halogenated alkanes) is 1. The molecule has 22 nitrogen and oxygen atoms in total. The molecule has 0 aromatic rings. The van der Waals surface area contributed by atoms with E-state index in [2.05, 4.69) is 36.9 Å². The number of nitrogens with zero attached hydrogens (tertiary/aromatic N) is 1. The number of aliphatic hydroxyl groups excluding tert-OH is 1. The van der Waals surface area contributed by atoms with Gasteiger partial charge in [0, 0.05) is 13.0 Å². The van der Waals surface area contributed by atoms with Crippen molar-refractivity contribution in [2.45, 2.75) is 128 Å². The first-order valence-electron chi connectivity index (χ1n) is 18.5. The normalized spacial score (nSPS) is 14.8. The van der Waals surface area contributed by atoms with Crippen LogP contribution in [-0.2, 0) is 38.4 Å². The summed E-state index contributed by atoms with van der Waals surface area (Å²) in [7, 11) is 0. The maximum absolute atomic E-state index is 13.6. The van der Waals surface area contributed by atoms with Crippen molar-refractivity contribution >= 4 is 53.3 Å². The molecule has 56 heavy (non-hydrogen) atoms. The van der Waals surface area contributed by atoms with E-state index in [-0.39, 0.29) is 44.1 Å². The molecule has 0 heterocycles. The van der Waals surface area contributed by atoms with Crippen LogP contribution in [0.5, 0.6) is 0 Å². The highest BCUT2D eigenvalue weighted by molar-refractivity contribution is 5.97. The molecule has 0 bridgehead atoms. The van der Waals surface area contributed by atoms with Crippen molar-refractivity contribution in [2.75, 3.05) is 19.7 Å². The minimum Gasteiger partial charge on any atom is -0.481 e. The second-order valence-corrected chi connectivity index (χ2v) is 14.1. The van der Waals surface area contributed by atoms with Gasteiger partial charge in [0.05, 0.1) is 12.6 Å². The quantitative estimate of drug-likeness (QED) is 0.0204. The third kappa shape index (κ3) is 20.6. The Hall–Kier alpha value is -5.09. The lowest BCUT2D eigenvalue weighted by molar-refractivity contribution is -0.143. The average molecular weight is 802 g/mol. The number of guanidine groups is 1.